The SMILES string of the molecule is Clc1cc(Br)cc2ccc(NCc3nnc4n3CCC4)nc12. The van der Waals surface area contributed by atoms with Crippen molar-refractivity contribution in [3.8, 4) is 0 Å². The zero-order valence-corrected chi connectivity index (χ0v) is 14.0. The van der Waals surface area contributed by atoms with Gasteiger partial charge in [-0.15, -0.1) is 10.2 Å². The van der Waals surface area contributed by atoms with E-state index in [1.165, 1.54) is 0 Å². The van der Waals surface area contributed by atoms with E-state index < -0.39 is 0 Å². The Kier molecular flexibility index (Phi) is 3.50. The molecule has 0 bridgehead atoms. The minimum Gasteiger partial charge on any atom is -0.363 e. The van der Waals surface area contributed by atoms with Gasteiger partial charge in [-0.1, -0.05) is 27.5 Å². The summed E-state index contributed by atoms with van der Waals surface area (Å²) >= 11 is 9.71. The number of aromatic nitrogens is 4. The maximum Gasteiger partial charge on any atom is 0.152 e. The number of halogens is 2. The van der Waals surface area contributed by atoms with Crippen molar-refractivity contribution in [2.75, 3.05) is 5.32 Å². The molecule has 0 amide bonds. The molecule has 0 fully saturated rings. The molecule has 0 aliphatic carbocycles. The second-order valence-electron chi connectivity index (χ2n) is 5.30. The largest absolute Gasteiger partial charge is 0.363 e. The number of benzene rings is 1. The lowest BCUT2D eigenvalue weighted by Gasteiger charge is -2.08. The Balaban J connectivity index is 1.59. The van der Waals surface area contributed by atoms with Crippen molar-refractivity contribution in [1.82, 2.24) is 19.7 Å². The van der Waals surface area contributed by atoms with Crippen LogP contribution in [0.3, 0.4) is 0 Å². The van der Waals surface area contributed by atoms with Gasteiger partial charge in [0, 0.05) is 22.8 Å². The van der Waals surface area contributed by atoms with Crippen LogP contribution in [0.1, 0.15) is 18.1 Å². The van der Waals surface area contributed by atoms with E-state index in [9.17, 15) is 0 Å². The van der Waals surface area contributed by atoms with Gasteiger partial charge >= 0.3 is 0 Å². The zero-order valence-electron chi connectivity index (χ0n) is 11.7. The summed E-state index contributed by atoms with van der Waals surface area (Å²) in [7, 11) is 0. The van der Waals surface area contributed by atoms with Crippen LogP contribution in [0.25, 0.3) is 10.9 Å². The van der Waals surface area contributed by atoms with Crippen LogP contribution in [0.2, 0.25) is 5.02 Å². The number of hydrogen-bond donors (Lipinski definition) is 1. The fraction of sp³-hybridized carbons (Fsp3) is 0.267. The molecule has 1 aliphatic rings. The zero-order chi connectivity index (χ0) is 15.1. The van der Waals surface area contributed by atoms with Crippen molar-refractivity contribution in [2.45, 2.75) is 25.9 Å². The molecule has 2 aromatic heterocycles. The fourth-order valence-electron chi connectivity index (χ4n) is 2.77. The van der Waals surface area contributed by atoms with Gasteiger partial charge in [0.25, 0.3) is 0 Å². The number of hydrogen-bond acceptors (Lipinski definition) is 4. The molecule has 4 rings (SSSR count). The van der Waals surface area contributed by atoms with E-state index >= 15 is 0 Å². The summed E-state index contributed by atoms with van der Waals surface area (Å²) in [6.45, 7) is 1.62. The van der Waals surface area contributed by atoms with E-state index in [0.717, 1.165) is 52.2 Å². The van der Waals surface area contributed by atoms with Crippen molar-refractivity contribution in [3.05, 3.63) is 45.4 Å². The van der Waals surface area contributed by atoms with Gasteiger partial charge in [-0.25, -0.2) is 4.98 Å². The van der Waals surface area contributed by atoms with Crippen LogP contribution in [0.4, 0.5) is 5.82 Å². The topological polar surface area (TPSA) is 55.6 Å². The lowest BCUT2D eigenvalue weighted by Crippen LogP contribution is -2.08. The first-order valence-corrected chi connectivity index (χ1v) is 8.28. The summed E-state index contributed by atoms with van der Waals surface area (Å²) in [6.07, 6.45) is 2.17. The van der Waals surface area contributed by atoms with E-state index in [-0.39, 0.29) is 0 Å². The third-order valence-electron chi connectivity index (χ3n) is 3.82. The number of aryl methyl sites for hydroxylation is 1. The lowest BCUT2D eigenvalue weighted by atomic mass is 10.2. The predicted molar refractivity (Wildman–Crippen MR) is 90.1 cm³/mol. The maximum atomic E-state index is 6.26. The van der Waals surface area contributed by atoms with Gasteiger partial charge in [-0.05, 0) is 30.7 Å². The smallest absolute Gasteiger partial charge is 0.152 e. The normalized spacial score (nSPS) is 13.5. The highest BCUT2D eigenvalue weighted by Crippen LogP contribution is 2.28. The van der Waals surface area contributed by atoms with Crippen molar-refractivity contribution >= 4 is 44.3 Å². The molecule has 0 unspecified atom stereocenters. The monoisotopic (exact) mass is 377 g/mol. The Labute approximate surface area is 140 Å². The van der Waals surface area contributed by atoms with Crippen LogP contribution < -0.4 is 5.32 Å². The first kappa shape index (κ1) is 14.0. The molecular formula is C15H13BrClN5. The highest BCUT2D eigenvalue weighted by molar-refractivity contribution is 9.10. The molecule has 0 saturated carbocycles. The Morgan fingerprint density at radius 3 is 3.09 bits per heavy atom. The maximum absolute atomic E-state index is 6.26. The average molecular weight is 379 g/mol. The van der Waals surface area contributed by atoms with Crippen LogP contribution in [0, 0.1) is 0 Å². The van der Waals surface area contributed by atoms with Crippen LogP contribution >= 0.6 is 27.5 Å². The highest BCUT2D eigenvalue weighted by Gasteiger charge is 2.16. The molecule has 0 atom stereocenters. The number of rotatable bonds is 3. The number of nitrogens with zero attached hydrogens (tertiary/aromatic N) is 4. The first-order valence-electron chi connectivity index (χ1n) is 7.11. The molecule has 22 heavy (non-hydrogen) atoms. The summed E-state index contributed by atoms with van der Waals surface area (Å²) in [6, 6.07) is 7.82. The standard InChI is InChI=1S/C15H13BrClN5/c16-10-6-9-3-4-12(19-15(9)11(17)7-10)18-8-14-21-20-13-2-1-5-22(13)14/h3-4,6-7H,1-2,5,8H2,(H,18,19). The van der Waals surface area contributed by atoms with E-state index in [4.69, 9.17) is 11.6 Å². The van der Waals surface area contributed by atoms with Gasteiger partial charge in [-0.2, -0.15) is 0 Å². The van der Waals surface area contributed by atoms with Crippen molar-refractivity contribution in [2.24, 2.45) is 0 Å². The van der Waals surface area contributed by atoms with Crippen molar-refractivity contribution in [1.29, 1.82) is 0 Å². The number of pyridine rings is 1. The summed E-state index contributed by atoms with van der Waals surface area (Å²) in [5, 5.41) is 13.4. The third-order valence-corrected chi connectivity index (χ3v) is 4.57. The Bertz CT molecular complexity index is 861. The lowest BCUT2D eigenvalue weighted by molar-refractivity contribution is 0.695. The Hall–Kier alpha value is -1.66. The number of fused-ring (bicyclic) bond motifs is 2. The first-order chi connectivity index (χ1) is 10.7. The van der Waals surface area contributed by atoms with E-state index in [1.54, 1.807) is 0 Å². The quantitative estimate of drug-likeness (QED) is 0.753. The van der Waals surface area contributed by atoms with Gasteiger partial charge in [0.05, 0.1) is 17.1 Å². The van der Waals surface area contributed by atoms with Gasteiger partial charge in [0.1, 0.15) is 11.6 Å². The number of anilines is 1. The van der Waals surface area contributed by atoms with Crippen molar-refractivity contribution < 1.29 is 0 Å². The van der Waals surface area contributed by atoms with E-state index in [0.29, 0.717) is 11.6 Å². The van der Waals surface area contributed by atoms with Crippen LogP contribution in [0.5, 0.6) is 0 Å². The van der Waals surface area contributed by atoms with Gasteiger partial charge in [0.15, 0.2) is 5.82 Å². The molecule has 7 heteroatoms. The average Bonchev–Trinajstić information content (AvgIpc) is 3.09. The summed E-state index contributed by atoms with van der Waals surface area (Å²) in [5.74, 6) is 2.82. The third kappa shape index (κ3) is 2.46. The predicted octanol–water partition coefficient (Wildman–Crippen LogP) is 3.80. The summed E-state index contributed by atoms with van der Waals surface area (Å²) in [4.78, 5) is 4.59. The minimum absolute atomic E-state index is 0.611. The Morgan fingerprint density at radius 2 is 2.18 bits per heavy atom. The molecule has 3 aromatic rings. The molecule has 1 N–H and O–H groups in total. The molecule has 5 nitrogen and oxygen atoms in total. The van der Waals surface area contributed by atoms with Crippen molar-refractivity contribution in [3.63, 3.8) is 0 Å². The molecule has 0 saturated heterocycles. The molecular weight excluding hydrogens is 366 g/mol. The van der Waals surface area contributed by atoms with Crippen LogP contribution in [-0.4, -0.2) is 19.7 Å². The second kappa shape index (κ2) is 5.52. The van der Waals surface area contributed by atoms with Gasteiger partial charge < -0.3 is 9.88 Å². The van der Waals surface area contributed by atoms with E-state index in [2.05, 4.69) is 41.0 Å². The van der Waals surface area contributed by atoms with Crippen LogP contribution in [0.15, 0.2) is 28.7 Å². The highest BCUT2D eigenvalue weighted by atomic mass is 79.9. The molecule has 3 heterocycles. The molecule has 112 valence electrons. The molecule has 1 aromatic carbocycles. The fourth-order valence-corrected chi connectivity index (χ4v) is 3.64. The van der Waals surface area contributed by atoms with E-state index in [1.807, 2.05) is 24.3 Å². The Morgan fingerprint density at radius 1 is 1.27 bits per heavy atom. The minimum atomic E-state index is 0.611. The van der Waals surface area contributed by atoms with Gasteiger partial charge in [-0.3, -0.25) is 0 Å². The second-order valence-corrected chi connectivity index (χ2v) is 6.62. The van der Waals surface area contributed by atoms with Gasteiger partial charge in [0.2, 0.25) is 0 Å². The number of nitrogens with one attached hydrogen (secondary N) is 1. The summed E-state index contributed by atoms with van der Waals surface area (Å²) < 4.78 is 3.13. The van der Waals surface area contributed by atoms with Crippen LogP contribution in [-0.2, 0) is 19.5 Å². The molecule has 1 aliphatic heterocycles. The molecule has 0 spiro atoms. The summed E-state index contributed by atoms with van der Waals surface area (Å²) in [5.41, 5.74) is 0.793. The molecule has 0 radical (unpaired) electrons.